The highest BCUT2D eigenvalue weighted by atomic mass is 15.0. The van der Waals surface area contributed by atoms with Crippen LogP contribution in [0, 0.1) is 0 Å². The molecule has 3 heteroatoms. The summed E-state index contributed by atoms with van der Waals surface area (Å²) >= 11 is 0. The molecular formula is C17H26N3+. The number of nitrogens with one attached hydrogen (secondary N) is 2. The fourth-order valence-electron chi connectivity index (χ4n) is 2.93. The predicted octanol–water partition coefficient (Wildman–Crippen LogP) is 2.60. The number of fused-ring (bicyclic) bond motifs is 1. The molecule has 0 bridgehead atoms. The second-order valence-corrected chi connectivity index (χ2v) is 7.02. The molecule has 3 nitrogen and oxygen atoms in total. The van der Waals surface area contributed by atoms with Crippen molar-refractivity contribution in [2.24, 2.45) is 0 Å². The van der Waals surface area contributed by atoms with Crippen molar-refractivity contribution in [3.63, 3.8) is 0 Å². The monoisotopic (exact) mass is 272 g/mol. The molecule has 0 atom stereocenters. The van der Waals surface area contributed by atoms with E-state index in [-0.39, 0.29) is 5.41 Å². The summed E-state index contributed by atoms with van der Waals surface area (Å²) in [5.41, 5.74) is 3.96. The van der Waals surface area contributed by atoms with Gasteiger partial charge in [-0.15, -0.1) is 0 Å². The van der Waals surface area contributed by atoms with E-state index in [9.17, 15) is 0 Å². The minimum Gasteiger partial charge on any atom is -0.382 e. The number of nitrogens with two attached hydrogens (primary N) is 1. The normalized spacial score (nSPS) is 17.6. The molecule has 1 saturated heterocycles. The van der Waals surface area contributed by atoms with Gasteiger partial charge in [0.05, 0.1) is 13.1 Å². The lowest BCUT2D eigenvalue weighted by atomic mass is 9.92. The summed E-state index contributed by atoms with van der Waals surface area (Å²) in [7, 11) is 0. The predicted molar refractivity (Wildman–Crippen MR) is 85.3 cm³/mol. The van der Waals surface area contributed by atoms with E-state index in [1.54, 1.807) is 0 Å². The lowest BCUT2D eigenvalue weighted by Gasteiger charge is -2.22. The van der Waals surface area contributed by atoms with Gasteiger partial charge >= 0.3 is 0 Å². The number of aromatic amines is 1. The smallest absolute Gasteiger partial charge is 0.0775 e. The Balaban J connectivity index is 1.82. The molecule has 1 fully saturated rings. The number of rotatable bonds is 2. The van der Waals surface area contributed by atoms with E-state index in [0.717, 1.165) is 0 Å². The Morgan fingerprint density at radius 2 is 1.90 bits per heavy atom. The van der Waals surface area contributed by atoms with Crippen LogP contribution in [0.25, 0.3) is 10.9 Å². The highest BCUT2D eigenvalue weighted by Crippen LogP contribution is 2.27. The van der Waals surface area contributed by atoms with Crippen LogP contribution >= 0.6 is 0 Å². The number of H-pyrrole nitrogens is 1. The lowest BCUT2D eigenvalue weighted by molar-refractivity contribution is -0.662. The summed E-state index contributed by atoms with van der Waals surface area (Å²) < 4.78 is 0. The molecule has 1 aliphatic heterocycles. The molecule has 1 aromatic heterocycles. The van der Waals surface area contributed by atoms with Crippen molar-refractivity contribution in [3.8, 4) is 0 Å². The summed E-state index contributed by atoms with van der Waals surface area (Å²) in [4.78, 5) is 3.53. The molecule has 3 rings (SSSR count). The third kappa shape index (κ3) is 2.83. The van der Waals surface area contributed by atoms with E-state index in [1.165, 1.54) is 48.2 Å². The van der Waals surface area contributed by atoms with Crippen LogP contribution in [-0.4, -0.2) is 24.1 Å². The summed E-state index contributed by atoms with van der Waals surface area (Å²) in [6.07, 6.45) is 2.52. The van der Waals surface area contributed by atoms with Gasteiger partial charge in [-0.2, -0.15) is 0 Å². The number of aromatic nitrogens is 1. The molecule has 20 heavy (non-hydrogen) atoms. The summed E-state index contributed by atoms with van der Waals surface area (Å²) in [5.74, 6) is 0. The number of benzene rings is 1. The van der Waals surface area contributed by atoms with Crippen LogP contribution < -0.4 is 10.6 Å². The van der Waals surface area contributed by atoms with E-state index < -0.39 is 0 Å². The van der Waals surface area contributed by atoms with Crippen molar-refractivity contribution in [3.05, 3.63) is 30.0 Å². The average molecular weight is 272 g/mol. The first kappa shape index (κ1) is 13.5. The Bertz CT molecular complexity index is 586. The second-order valence-electron chi connectivity index (χ2n) is 7.02. The van der Waals surface area contributed by atoms with E-state index >= 15 is 0 Å². The first-order valence-corrected chi connectivity index (χ1v) is 7.74. The van der Waals surface area contributed by atoms with Gasteiger partial charge in [-0.3, -0.25) is 0 Å². The average Bonchev–Trinajstić information content (AvgIpc) is 2.83. The fraction of sp³-hybridized carbons (Fsp3) is 0.529. The molecule has 2 aromatic rings. The summed E-state index contributed by atoms with van der Waals surface area (Å²) in [5, 5.41) is 7.40. The van der Waals surface area contributed by atoms with Crippen molar-refractivity contribution in [1.82, 2.24) is 4.98 Å². The van der Waals surface area contributed by atoms with Gasteiger partial charge in [0.1, 0.15) is 0 Å². The van der Waals surface area contributed by atoms with Gasteiger partial charge in [0.25, 0.3) is 0 Å². The zero-order chi connectivity index (χ0) is 14.2. The zero-order valence-corrected chi connectivity index (χ0v) is 12.8. The van der Waals surface area contributed by atoms with Gasteiger partial charge in [-0.25, -0.2) is 0 Å². The van der Waals surface area contributed by atoms with Crippen LogP contribution in [0.15, 0.2) is 24.3 Å². The van der Waals surface area contributed by atoms with Gasteiger partial charge in [0.15, 0.2) is 0 Å². The topological polar surface area (TPSA) is 44.4 Å². The number of quaternary nitrogens is 1. The molecule has 0 aliphatic carbocycles. The van der Waals surface area contributed by atoms with E-state index in [1.807, 2.05) is 0 Å². The molecule has 1 aliphatic rings. The molecular weight excluding hydrogens is 246 g/mol. The minimum atomic E-state index is 0.172. The Labute approximate surface area is 121 Å². The molecule has 4 N–H and O–H groups in total. The van der Waals surface area contributed by atoms with Crippen molar-refractivity contribution in [1.29, 1.82) is 0 Å². The highest BCUT2D eigenvalue weighted by Gasteiger charge is 2.17. The number of anilines is 1. The van der Waals surface area contributed by atoms with Gasteiger partial charge in [-0.05, 0) is 24.3 Å². The maximum Gasteiger partial charge on any atom is 0.0775 e. The number of piperidine rings is 1. The van der Waals surface area contributed by atoms with Crippen LogP contribution in [0.2, 0.25) is 0 Å². The first-order chi connectivity index (χ1) is 9.52. The third-order valence-corrected chi connectivity index (χ3v) is 4.24. The Kier molecular flexibility index (Phi) is 3.47. The summed E-state index contributed by atoms with van der Waals surface area (Å²) in [6.45, 7) is 9.23. The molecule has 0 spiro atoms. The van der Waals surface area contributed by atoms with Crippen LogP contribution in [0.1, 0.15) is 39.3 Å². The Hall–Kier alpha value is -1.48. The van der Waals surface area contributed by atoms with E-state index in [0.29, 0.717) is 6.04 Å². The molecule has 2 heterocycles. The van der Waals surface area contributed by atoms with Crippen molar-refractivity contribution >= 4 is 16.6 Å². The van der Waals surface area contributed by atoms with E-state index in [2.05, 4.69) is 60.7 Å². The van der Waals surface area contributed by atoms with Crippen LogP contribution in [0.4, 0.5) is 5.69 Å². The van der Waals surface area contributed by atoms with Gasteiger partial charge in [-0.1, -0.05) is 20.8 Å². The molecule has 1 aromatic carbocycles. The van der Waals surface area contributed by atoms with Gasteiger partial charge < -0.3 is 15.6 Å². The van der Waals surface area contributed by atoms with Crippen molar-refractivity contribution in [2.45, 2.75) is 45.1 Å². The number of hydrogen-bond donors (Lipinski definition) is 3. The second kappa shape index (κ2) is 5.13. The van der Waals surface area contributed by atoms with Gasteiger partial charge in [0.2, 0.25) is 0 Å². The first-order valence-electron chi connectivity index (χ1n) is 7.74. The largest absolute Gasteiger partial charge is 0.382 e. The fourth-order valence-corrected chi connectivity index (χ4v) is 2.93. The summed E-state index contributed by atoms with van der Waals surface area (Å²) in [6, 6.07) is 9.60. The molecule has 0 unspecified atom stereocenters. The maximum atomic E-state index is 3.69. The van der Waals surface area contributed by atoms with Gasteiger partial charge in [0, 0.05) is 46.6 Å². The quantitative estimate of drug-likeness (QED) is 0.773. The van der Waals surface area contributed by atoms with Crippen LogP contribution in [-0.2, 0) is 5.41 Å². The SMILES string of the molecule is CC(C)(C)c1cc2cc(NC3CC[NH2+]CC3)ccc2[nH]1. The van der Waals surface area contributed by atoms with Crippen molar-refractivity contribution in [2.75, 3.05) is 18.4 Å². The van der Waals surface area contributed by atoms with E-state index in [4.69, 9.17) is 0 Å². The highest BCUT2D eigenvalue weighted by molar-refractivity contribution is 5.84. The maximum absolute atomic E-state index is 3.69. The minimum absolute atomic E-state index is 0.172. The molecule has 0 radical (unpaired) electrons. The van der Waals surface area contributed by atoms with Crippen LogP contribution in [0.5, 0.6) is 0 Å². The number of hydrogen-bond acceptors (Lipinski definition) is 1. The molecule has 0 amide bonds. The Morgan fingerprint density at radius 1 is 1.15 bits per heavy atom. The Morgan fingerprint density at radius 3 is 2.60 bits per heavy atom. The standard InChI is InChI=1S/C17H25N3/c1-17(2,3)16-11-12-10-14(4-5-15(12)20-16)19-13-6-8-18-9-7-13/h4-5,10-11,13,18-20H,6-9H2,1-3H3/p+1. The van der Waals surface area contributed by atoms with Crippen LogP contribution in [0.3, 0.4) is 0 Å². The lowest BCUT2D eigenvalue weighted by Crippen LogP contribution is -2.87. The zero-order valence-electron chi connectivity index (χ0n) is 12.8. The third-order valence-electron chi connectivity index (χ3n) is 4.24. The molecule has 108 valence electrons. The molecule has 0 saturated carbocycles. The van der Waals surface area contributed by atoms with Crippen molar-refractivity contribution < 1.29 is 5.32 Å².